The first-order chi connectivity index (χ1) is 9.26. The zero-order valence-electron chi connectivity index (χ0n) is 12.9. The summed E-state index contributed by atoms with van der Waals surface area (Å²) in [4.78, 5) is 0. The van der Waals surface area contributed by atoms with Crippen LogP contribution in [0.5, 0.6) is 0 Å². The minimum atomic E-state index is 0.218. The predicted octanol–water partition coefficient (Wildman–Crippen LogP) is 3.15. The maximum Gasteiger partial charge on any atom is 0.0768 e. The number of nitrogens with zero attached hydrogens (tertiary/aromatic N) is 2. The van der Waals surface area contributed by atoms with E-state index in [0.29, 0.717) is 0 Å². The number of hydrogen-bond donors (Lipinski definition) is 1. The Morgan fingerprint density at radius 1 is 1.26 bits per heavy atom. The molecule has 4 nitrogen and oxygen atoms in total. The largest absolute Gasteiger partial charge is 0.377 e. The zero-order valence-corrected chi connectivity index (χ0v) is 12.9. The minimum Gasteiger partial charge on any atom is -0.377 e. The molecule has 0 amide bonds. The molecule has 0 aliphatic carbocycles. The van der Waals surface area contributed by atoms with Crippen molar-refractivity contribution in [2.45, 2.75) is 65.6 Å². The van der Waals surface area contributed by atoms with Gasteiger partial charge in [0.1, 0.15) is 0 Å². The summed E-state index contributed by atoms with van der Waals surface area (Å²) in [5.41, 5.74) is 1.24. The van der Waals surface area contributed by atoms with Crippen molar-refractivity contribution < 1.29 is 4.74 Å². The lowest BCUT2D eigenvalue weighted by Gasteiger charge is -2.26. The van der Waals surface area contributed by atoms with Crippen molar-refractivity contribution >= 4 is 0 Å². The third kappa shape index (κ3) is 4.96. The lowest BCUT2D eigenvalue weighted by molar-refractivity contribution is 0.0314. The summed E-state index contributed by atoms with van der Waals surface area (Å²) in [6.07, 6.45) is 7.59. The van der Waals surface area contributed by atoms with Gasteiger partial charge >= 0.3 is 0 Å². The molecule has 4 heteroatoms. The average molecular weight is 267 g/mol. The molecule has 0 radical (unpaired) electrons. The average Bonchev–Trinajstić information content (AvgIpc) is 2.87. The Labute approximate surface area is 117 Å². The van der Waals surface area contributed by atoms with Gasteiger partial charge in [-0.05, 0) is 32.7 Å². The molecule has 1 aromatic heterocycles. The number of rotatable bonds is 10. The molecule has 0 bridgehead atoms. The van der Waals surface area contributed by atoms with Crippen LogP contribution < -0.4 is 5.32 Å². The number of aryl methyl sites for hydroxylation is 1. The molecule has 1 aromatic rings. The van der Waals surface area contributed by atoms with Crippen LogP contribution in [0.15, 0.2) is 12.4 Å². The van der Waals surface area contributed by atoms with E-state index in [1.54, 1.807) is 0 Å². The van der Waals surface area contributed by atoms with Crippen molar-refractivity contribution in [1.82, 2.24) is 15.1 Å². The molecule has 1 N–H and O–H groups in total. The summed E-state index contributed by atoms with van der Waals surface area (Å²) in [5, 5.41) is 8.03. The lowest BCUT2D eigenvalue weighted by Crippen LogP contribution is -2.34. The molecule has 0 aromatic carbocycles. The van der Waals surface area contributed by atoms with Gasteiger partial charge in [0.05, 0.1) is 18.3 Å². The van der Waals surface area contributed by atoms with Crippen molar-refractivity contribution in [2.24, 2.45) is 0 Å². The van der Waals surface area contributed by atoms with Crippen LogP contribution in [-0.4, -0.2) is 29.0 Å². The molecule has 110 valence electrons. The van der Waals surface area contributed by atoms with Crippen molar-refractivity contribution in [3.8, 4) is 0 Å². The van der Waals surface area contributed by atoms with E-state index in [1.165, 1.54) is 5.56 Å². The highest BCUT2D eigenvalue weighted by atomic mass is 16.5. The van der Waals surface area contributed by atoms with Gasteiger partial charge in [-0.2, -0.15) is 5.10 Å². The van der Waals surface area contributed by atoms with Gasteiger partial charge < -0.3 is 10.1 Å². The molecular weight excluding hydrogens is 238 g/mol. The SMILES string of the molecule is CCCNC(c1cnn(CCC)c1)C(CC)OCC. The van der Waals surface area contributed by atoms with Gasteiger partial charge in [-0.1, -0.05) is 20.8 Å². The molecule has 0 aliphatic rings. The van der Waals surface area contributed by atoms with E-state index in [1.807, 2.05) is 10.9 Å². The maximum absolute atomic E-state index is 5.87. The molecule has 0 aliphatic heterocycles. The second kappa shape index (κ2) is 9.10. The van der Waals surface area contributed by atoms with E-state index in [-0.39, 0.29) is 12.1 Å². The van der Waals surface area contributed by atoms with Gasteiger partial charge in [-0.3, -0.25) is 4.68 Å². The summed E-state index contributed by atoms with van der Waals surface area (Å²) in [6, 6.07) is 0.246. The number of hydrogen-bond acceptors (Lipinski definition) is 3. The molecule has 2 atom stereocenters. The highest BCUT2D eigenvalue weighted by molar-refractivity contribution is 5.12. The highest BCUT2D eigenvalue weighted by Gasteiger charge is 2.22. The highest BCUT2D eigenvalue weighted by Crippen LogP contribution is 2.21. The van der Waals surface area contributed by atoms with E-state index < -0.39 is 0 Å². The molecule has 19 heavy (non-hydrogen) atoms. The van der Waals surface area contributed by atoms with E-state index in [9.17, 15) is 0 Å². The first-order valence-corrected chi connectivity index (χ1v) is 7.64. The first kappa shape index (κ1) is 16.2. The van der Waals surface area contributed by atoms with Crippen LogP contribution in [0.25, 0.3) is 0 Å². The molecule has 1 rings (SSSR count). The fourth-order valence-corrected chi connectivity index (χ4v) is 2.32. The summed E-state index contributed by atoms with van der Waals surface area (Å²) in [7, 11) is 0. The topological polar surface area (TPSA) is 39.1 Å². The number of ether oxygens (including phenoxy) is 1. The summed E-state index contributed by atoms with van der Waals surface area (Å²) >= 11 is 0. The van der Waals surface area contributed by atoms with Gasteiger partial charge in [0.15, 0.2) is 0 Å². The van der Waals surface area contributed by atoms with E-state index in [4.69, 9.17) is 4.74 Å². The van der Waals surface area contributed by atoms with Crippen molar-refractivity contribution in [3.05, 3.63) is 18.0 Å². The first-order valence-electron chi connectivity index (χ1n) is 7.64. The molecule has 0 fully saturated rings. The fraction of sp³-hybridized carbons (Fsp3) is 0.800. The summed E-state index contributed by atoms with van der Waals surface area (Å²) in [5.74, 6) is 0. The third-order valence-electron chi connectivity index (χ3n) is 3.23. The standard InChI is InChI=1S/C15H29N3O/c1-5-9-16-15(14(7-3)19-8-4)13-11-17-18(12-13)10-6-2/h11-12,14-16H,5-10H2,1-4H3. The Balaban J connectivity index is 2.80. The molecule has 0 saturated carbocycles. The third-order valence-corrected chi connectivity index (χ3v) is 3.23. The lowest BCUT2D eigenvalue weighted by atomic mass is 10.0. The minimum absolute atomic E-state index is 0.218. The van der Waals surface area contributed by atoms with Crippen molar-refractivity contribution in [2.75, 3.05) is 13.2 Å². The maximum atomic E-state index is 5.87. The monoisotopic (exact) mass is 267 g/mol. The number of nitrogens with one attached hydrogen (secondary N) is 1. The summed E-state index contributed by atoms with van der Waals surface area (Å²) in [6.45, 7) is 11.3. The molecule has 1 heterocycles. The second-order valence-electron chi connectivity index (χ2n) is 4.87. The van der Waals surface area contributed by atoms with Gasteiger partial charge in [0, 0.05) is 24.9 Å². The Bertz CT molecular complexity index is 338. The van der Waals surface area contributed by atoms with Crippen LogP contribution in [0.3, 0.4) is 0 Å². The van der Waals surface area contributed by atoms with Crippen LogP contribution in [-0.2, 0) is 11.3 Å². The van der Waals surface area contributed by atoms with E-state index in [2.05, 4.69) is 44.3 Å². The fourth-order valence-electron chi connectivity index (χ4n) is 2.32. The van der Waals surface area contributed by atoms with E-state index in [0.717, 1.165) is 39.0 Å². The molecule has 0 spiro atoms. The molecule has 0 saturated heterocycles. The van der Waals surface area contributed by atoms with Gasteiger partial charge in [0.25, 0.3) is 0 Å². The Kier molecular flexibility index (Phi) is 7.75. The quantitative estimate of drug-likeness (QED) is 0.708. The Morgan fingerprint density at radius 2 is 2.05 bits per heavy atom. The number of aromatic nitrogens is 2. The van der Waals surface area contributed by atoms with Gasteiger partial charge in [0.2, 0.25) is 0 Å². The van der Waals surface area contributed by atoms with Crippen LogP contribution in [0, 0.1) is 0 Å². The Morgan fingerprint density at radius 3 is 2.63 bits per heavy atom. The van der Waals surface area contributed by atoms with E-state index >= 15 is 0 Å². The molecular formula is C15H29N3O. The van der Waals surface area contributed by atoms with Crippen molar-refractivity contribution in [1.29, 1.82) is 0 Å². The van der Waals surface area contributed by atoms with Crippen LogP contribution in [0.1, 0.15) is 58.6 Å². The van der Waals surface area contributed by atoms with Crippen LogP contribution >= 0.6 is 0 Å². The normalized spacial score (nSPS) is 14.5. The van der Waals surface area contributed by atoms with Gasteiger partial charge in [-0.15, -0.1) is 0 Å². The predicted molar refractivity (Wildman–Crippen MR) is 79.3 cm³/mol. The second-order valence-corrected chi connectivity index (χ2v) is 4.87. The smallest absolute Gasteiger partial charge is 0.0768 e. The molecule has 2 unspecified atom stereocenters. The van der Waals surface area contributed by atoms with Crippen LogP contribution in [0.4, 0.5) is 0 Å². The zero-order chi connectivity index (χ0) is 14.1. The van der Waals surface area contributed by atoms with Crippen molar-refractivity contribution in [3.63, 3.8) is 0 Å². The van der Waals surface area contributed by atoms with Crippen LogP contribution in [0.2, 0.25) is 0 Å². The van der Waals surface area contributed by atoms with Gasteiger partial charge in [-0.25, -0.2) is 0 Å². The Hall–Kier alpha value is -0.870. The summed E-state index contributed by atoms with van der Waals surface area (Å²) < 4.78 is 7.90.